The van der Waals surface area contributed by atoms with E-state index in [1.54, 1.807) is 0 Å². The molecule has 0 spiro atoms. The quantitative estimate of drug-likeness (QED) is 0.622. The molecule has 6 nitrogen and oxygen atoms in total. The number of anilines is 1. The van der Waals surface area contributed by atoms with Crippen LogP contribution < -0.4 is 16.4 Å². The highest BCUT2D eigenvalue weighted by Gasteiger charge is 2.01. The minimum absolute atomic E-state index is 0.484. The van der Waals surface area contributed by atoms with Crippen LogP contribution in [0.1, 0.15) is 19.2 Å². The van der Waals surface area contributed by atoms with Crippen LogP contribution >= 0.6 is 11.5 Å². The molecule has 1 rings (SSSR count). The van der Waals surface area contributed by atoms with Crippen LogP contribution in [-0.2, 0) is 6.42 Å². The summed E-state index contributed by atoms with van der Waals surface area (Å²) in [6.07, 6.45) is 1.94. The van der Waals surface area contributed by atoms with Crippen molar-refractivity contribution in [1.29, 1.82) is 0 Å². The number of carbonyl (C=O) groups excluding carboxylic acids is 1. The summed E-state index contributed by atoms with van der Waals surface area (Å²) in [4.78, 5) is 14.6. The minimum Gasteiger partial charge on any atom is -0.359 e. The molecule has 0 aliphatic rings. The van der Waals surface area contributed by atoms with Crippen LogP contribution in [0.3, 0.4) is 0 Å². The fraction of sp³-hybridized carbons (Fsp3) is 0.625. The van der Waals surface area contributed by atoms with E-state index >= 15 is 0 Å². The number of nitrogens with one attached hydrogen (secondary N) is 2. The Morgan fingerprint density at radius 3 is 3.00 bits per heavy atom. The van der Waals surface area contributed by atoms with Crippen molar-refractivity contribution in [3.63, 3.8) is 0 Å². The SMILES string of the molecule is CCCc1nsc(NCCNC(N)=O)n1. The van der Waals surface area contributed by atoms with Crippen molar-refractivity contribution >= 4 is 22.7 Å². The second-order valence-electron chi connectivity index (χ2n) is 2.98. The predicted molar refractivity (Wildman–Crippen MR) is 60.0 cm³/mol. The van der Waals surface area contributed by atoms with E-state index in [0.29, 0.717) is 13.1 Å². The molecule has 7 heteroatoms. The fourth-order valence-electron chi connectivity index (χ4n) is 1.01. The summed E-state index contributed by atoms with van der Waals surface area (Å²) in [5, 5.41) is 6.32. The van der Waals surface area contributed by atoms with Gasteiger partial charge < -0.3 is 16.4 Å². The van der Waals surface area contributed by atoms with Gasteiger partial charge in [-0.05, 0) is 6.42 Å². The van der Waals surface area contributed by atoms with Gasteiger partial charge in [-0.2, -0.15) is 4.37 Å². The molecule has 2 amide bonds. The van der Waals surface area contributed by atoms with Crippen LogP contribution in [0.25, 0.3) is 0 Å². The second-order valence-corrected chi connectivity index (χ2v) is 3.74. The van der Waals surface area contributed by atoms with E-state index in [0.717, 1.165) is 23.8 Å². The number of nitrogens with two attached hydrogens (primary N) is 1. The highest BCUT2D eigenvalue weighted by molar-refractivity contribution is 7.09. The molecule has 0 aliphatic carbocycles. The van der Waals surface area contributed by atoms with Gasteiger partial charge in [0.05, 0.1) is 0 Å². The molecule has 0 aliphatic heterocycles. The molecule has 84 valence electrons. The van der Waals surface area contributed by atoms with Crippen LogP contribution in [0.15, 0.2) is 0 Å². The number of hydrogen-bond donors (Lipinski definition) is 3. The van der Waals surface area contributed by atoms with Crippen molar-refractivity contribution in [2.24, 2.45) is 5.73 Å². The number of rotatable bonds is 6. The van der Waals surface area contributed by atoms with E-state index in [-0.39, 0.29) is 0 Å². The molecule has 1 heterocycles. The maximum Gasteiger partial charge on any atom is 0.312 e. The molecule has 0 atom stereocenters. The van der Waals surface area contributed by atoms with Crippen molar-refractivity contribution in [2.75, 3.05) is 18.4 Å². The van der Waals surface area contributed by atoms with Gasteiger partial charge in [0.2, 0.25) is 5.13 Å². The first-order valence-electron chi connectivity index (χ1n) is 4.82. The van der Waals surface area contributed by atoms with E-state index in [1.807, 2.05) is 0 Å². The lowest BCUT2D eigenvalue weighted by Gasteiger charge is -2.01. The lowest BCUT2D eigenvalue weighted by Crippen LogP contribution is -2.33. The monoisotopic (exact) mass is 229 g/mol. The van der Waals surface area contributed by atoms with Crippen LogP contribution in [-0.4, -0.2) is 28.5 Å². The van der Waals surface area contributed by atoms with Crippen LogP contribution in [0, 0.1) is 0 Å². The van der Waals surface area contributed by atoms with Gasteiger partial charge in [0.1, 0.15) is 5.82 Å². The maximum absolute atomic E-state index is 10.4. The molecule has 0 radical (unpaired) electrons. The summed E-state index contributed by atoms with van der Waals surface area (Å²) in [5.74, 6) is 0.868. The molecule has 0 bridgehead atoms. The van der Waals surface area contributed by atoms with Crippen LogP contribution in [0.4, 0.5) is 9.93 Å². The second kappa shape index (κ2) is 6.18. The topological polar surface area (TPSA) is 92.9 Å². The highest BCUT2D eigenvalue weighted by atomic mass is 32.1. The fourth-order valence-corrected chi connectivity index (χ4v) is 1.64. The van der Waals surface area contributed by atoms with Crippen molar-refractivity contribution in [2.45, 2.75) is 19.8 Å². The highest BCUT2D eigenvalue weighted by Crippen LogP contribution is 2.11. The molecule has 4 N–H and O–H groups in total. The zero-order chi connectivity index (χ0) is 11.1. The number of amides is 2. The standard InChI is InChI=1S/C8H15N5OS/c1-2-3-6-12-8(15-13-6)11-5-4-10-7(9)14/h2-5H2,1H3,(H3,9,10,14)(H,11,12,13). The van der Waals surface area contributed by atoms with Gasteiger partial charge in [-0.3, -0.25) is 0 Å². The molecule has 0 aromatic carbocycles. The van der Waals surface area contributed by atoms with E-state index in [4.69, 9.17) is 5.73 Å². The average molecular weight is 229 g/mol. The molecule has 1 aromatic heterocycles. The van der Waals surface area contributed by atoms with E-state index in [9.17, 15) is 4.79 Å². The summed E-state index contributed by atoms with van der Waals surface area (Å²) in [7, 11) is 0. The number of urea groups is 1. The molecular formula is C8H15N5OS. The number of primary amides is 1. The molecule has 0 saturated heterocycles. The smallest absolute Gasteiger partial charge is 0.312 e. The van der Waals surface area contributed by atoms with Gasteiger partial charge in [-0.1, -0.05) is 6.92 Å². The normalized spacial score (nSPS) is 9.93. The number of carbonyl (C=O) groups is 1. The lowest BCUT2D eigenvalue weighted by atomic mass is 10.3. The summed E-state index contributed by atoms with van der Waals surface area (Å²) in [6.45, 7) is 3.17. The third-order valence-corrected chi connectivity index (χ3v) is 2.35. The first-order valence-corrected chi connectivity index (χ1v) is 5.59. The Morgan fingerprint density at radius 2 is 2.33 bits per heavy atom. The Hall–Kier alpha value is -1.37. The van der Waals surface area contributed by atoms with Crippen molar-refractivity contribution in [3.8, 4) is 0 Å². The van der Waals surface area contributed by atoms with Gasteiger partial charge in [-0.15, -0.1) is 0 Å². The lowest BCUT2D eigenvalue weighted by molar-refractivity contribution is 0.249. The predicted octanol–water partition coefficient (Wildman–Crippen LogP) is 0.571. The first-order chi connectivity index (χ1) is 7.22. The molecule has 0 saturated carbocycles. The molecule has 0 fully saturated rings. The molecular weight excluding hydrogens is 214 g/mol. The van der Waals surface area contributed by atoms with Crippen LogP contribution in [0.5, 0.6) is 0 Å². The number of nitrogens with zero attached hydrogens (tertiary/aromatic N) is 2. The summed E-state index contributed by atoms with van der Waals surface area (Å²) in [6, 6.07) is -0.513. The number of hydrogen-bond acceptors (Lipinski definition) is 5. The summed E-state index contributed by atoms with van der Waals surface area (Å²) < 4.78 is 4.18. The Bertz CT molecular complexity index is 314. The molecule has 15 heavy (non-hydrogen) atoms. The largest absolute Gasteiger partial charge is 0.359 e. The zero-order valence-electron chi connectivity index (χ0n) is 8.62. The van der Waals surface area contributed by atoms with E-state index < -0.39 is 6.03 Å². The summed E-state index contributed by atoms with van der Waals surface area (Å²) >= 11 is 1.33. The van der Waals surface area contributed by atoms with Crippen LogP contribution in [0.2, 0.25) is 0 Å². The van der Waals surface area contributed by atoms with Gasteiger partial charge in [0, 0.05) is 31.0 Å². The first kappa shape index (κ1) is 11.7. The summed E-state index contributed by atoms with van der Waals surface area (Å²) in [5.41, 5.74) is 4.91. The van der Waals surface area contributed by atoms with Crippen molar-refractivity contribution in [1.82, 2.24) is 14.7 Å². The zero-order valence-corrected chi connectivity index (χ0v) is 9.43. The minimum atomic E-state index is -0.513. The van der Waals surface area contributed by atoms with E-state index in [1.165, 1.54) is 11.5 Å². The molecule has 1 aromatic rings. The van der Waals surface area contributed by atoms with Gasteiger partial charge >= 0.3 is 6.03 Å². The molecule has 0 unspecified atom stereocenters. The Morgan fingerprint density at radius 1 is 1.53 bits per heavy atom. The third-order valence-electron chi connectivity index (χ3n) is 1.64. The Labute approximate surface area is 92.4 Å². The number of aryl methyl sites for hydroxylation is 1. The Kier molecular flexibility index (Phi) is 4.82. The Balaban J connectivity index is 2.22. The van der Waals surface area contributed by atoms with Crippen molar-refractivity contribution < 1.29 is 4.79 Å². The number of aromatic nitrogens is 2. The van der Waals surface area contributed by atoms with Gasteiger partial charge in [-0.25, -0.2) is 9.78 Å². The van der Waals surface area contributed by atoms with Gasteiger partial charge in [0.15, 0.2) is 0 Å². The van der Waals surface area contributed by atoms with E-state index in [2.05, 4.69) is 26.9 Å². The third kappa shape index (κ3) is 4.59. The van der Waals surface area contributed by atoms with Gasteiger partial charge in [0.25, 0.3) is 0 Å². The average Bonchev–Trinajstić information content (AvgIpc) is 2.61. The van der Waals surface area contributed by atoms with Crippen molar-refractivity contribution in [3.05, 3.63) is 5.82 Å². The maximum atomic E-state index is 10.4.